The van der Waals surface area contributed by atoms with Gasteiger partial charge in [-0.15, -0.1) is 0 Å². The fourth-order valence-electron chi connectivity index (χ4n) is 2.62. The molecule has 1 unspecified atom stereocenters. The smallest absolute Gasteiger partial charge is 0.325 e. The Morgan fingerprint density at radius 3 is 2.60 bits per heavy atom. The van der Waals surface area contributed by atoms with Crippen LogP contribution in [0.2, 0.25) is 10.0 Å². The summed E-state index contributed by atoms with van der Waals surface area (Å²) in [5.74, 6) is -0.455. The maximum absolute atomic E-state index is 12.8. The van der Waals surface area contributed by atoms with Crippen LogP contribution >= 0.6 is 23.2 Å². The van der Waals surface area contributed by atoms with Crippen LogP contribution in [-0.2, 0) is 15.1 Å². The summed E-state index contributed by atoms with van der Waals surface area (Å²) >= 11 is 12.1. The molecule has 1 aromatic rings. The first-order chi connectivity index (χ1) is 11.6. The van der Waals surface area contributed by atoms with Gasteiger partial charge in [0.05, 0.1) is 0 Å². The third kappa shape index (κ3) is 4.25. The maximum Gasteiger partial charge on any atom is 0.325 e. The van der Waals surface area contributed by atoms with Gasteiger partial charge in [0.1, 0.15) is 12.1 Å². The van der Waals surface area contributed by atoms with Crippen molar-refractivity contribution in [3.05, 3.63) is 33.8 Å². The molecule has 6 nitrogen and oxygen atoms in total. The number of hydrogen-bond acceptors (Lipinski definition) is 3. The maximum atomic E-state index is 12.8. The number of hydrogen-bond donors (Lipinski definition) is 2. The zero-order valence-electron chi connectivity index (χ0n) is 14.4. The van der Waals surface area contributed by atoms with Gasteiger partial charge in [-0.3, -0.25) is 14.5 Å². The Morgan fingerprint density at radius 2 is 2.00 bits per heavy atom. The van der Waals surface area contributed by atoms with Crippen LogP contribution in [0.1, 0.15) is 32.8 Å². The summed E-state index contributed by atoms with van der Waals surface area (Å²) in [6.45, 7) is 5.82. The van der Waals surface area contributed by atoms with Crippen molar-refractivity contribution in [2.24, 2.45) is 5.92 Å². The second-order valence-electron chi connectivity index (χ2n) is 6.60. The minimum Gasteiger partial charge on any atom is -0.355 e. The van der Waals surface area contributed by atoms with E-state index in [1.165, 1.54) is 6.07 Å². The van der Waals surface area contributed by atoms with Crippen molar-refractivity contribution < 1.29 is 14.4 Å². The van der Waals surface area contributed by atoms with Crippen molar-refractivity contribution in [3.8, 4) is 0 Å². The molecule has 1 atom stereocenters. The highest BCUT2D eigenvalue weighted by Crippen LogP contribution is 2.34. The quantitative estimate of drug-likeness (QED) is 0.738. The predicted molar refractivity (Wildman–Crippen MR) is 96.5 cm³/mol. The number of nitrogens with zero attached hydrogens (tertiary/aromatic N) is 1. The molecule has 1 saturated heterocycles. The molecule has 1 fully saturated rings. The third-order valence-electron chi connectivity index (χ3n) is 4.09. The molecule has 2 N–H and O–H groups in total. The first kappa shape index (κ1) is 19.5. The van der Waals surface area contributed by atoms with E-state index in [4.69, 9.17) is 23.2 Å². The summed E-state index contributed by atoms with van der Waals surface area (Å²) in [5.41, 5.74) is -0.906. The number of halogens is 2. The lowest BCUT2D eigenvalue weighted by atomic mass is 9.92. The molecule has 8 heteroatoms. The van der Waals surface area contributed by atoms with Crippen LogP contribution in [0, 0.1) is 5.92 Å². The monoisotopic (exact) mass is 385 g/mol. The number of imide groups is 1. The number of amides is 4. The lowest BCUT2D eigenvalue weighted by Gasteiger charge is -2.23. The van der Waals surface area contributed by atoms with Crippen molar-refractivity contribution in [1.29, 1.82) is 0 Å². The molecule has 0 aromatic heterocycles. The standard InChI is InChI=1S/C17H21Cl2N3O3/c1-10(2)6-7-20-14(23)9-22-15(24)17(3,21-16(22)25)12-5-4-11(18)8-13(12)19/h4-5,8,10H,6-7,9H2,1-3H3,(H,20,23)(H,21,25). The van der Waals surface area contributed by atoms with E-state index >= 15 is 0 Å². The fourth-order valence-corrected chi connectivity index (χ4v) is 3.22. The summed E-state index contributed by atoms with van der Waals surface area (Å²) in [5, 5.41) is 6.02. The third-order valence-corrected chi connectivity index (χ3v) is 4.64. The Kier molecular flexibility index (Phi) is 5.95. The number of benzene rings is 1. The molecule has 1 aromatic carbocycles. The van der Waals surface area contributed by atoms with E-state index in [-0.39, 0.29) is 17.5 Å². The zero-order chi connectivity index (χ0) is 18.8. The summed E-state index contributed by atoms with van der Waals surface area (Å²) < 4.78 is 0. The van der Waals surface area contributed by atoms with Crippen molar-refractivity contribution in [2.45, 2.75) is 32.7 Å². The Hall–Kier alpha value is -1.79. The van der Waals surface area contributed by atoms with Gasteiger partial charge in [0, 0.05) is 22.2 Å². The normalized spacial score (nSPS) is 20.2. The highest BCUT2D eigenvalue weighted by Gasteiger charge is 2.50. The van der Waals surface area contributed by atoms with Crippen molar-refractivity contribution >= 4 is 41.0 Å². The largest absolute Gasteiger partial charge is 0.355 e. The lowest BCUT2D eigenvalue weighted by Crippen LogP contribution is -2.43. The zero-order valence-corrected chi connectivity index (χ0v) is 15.9. The number of rotatable bonds is 6. The first-order valence-electron chi connectivity index (χ1n) is 8.01. The summed E-state index contributed by atoms with van der Waals surface area (Å²) in [4.78, 5) is 37.9. The SMILES string of the molecule is CC(C)CCNC(=O)CN1C(=O)NC(C)(c2ccc(Cl)cc2Cl)C1=O. The van der Waals surface area contributed by atoms with Crippen LogP contribution < -0.4 is 10.6 Å². The number of nitrogens with one attached hydrogen (secondary N) is 2. The molecular weight excluding hydrogens is 365 g/mol. The van der Waals surface area contributed by atoms with Crippen molar-refractivity contribution in [2.75, 3.05) is 13.1 Å². The minimum absolute atomic E-state index is 0.270. The molecule has 4 amide bonds. The van der Waals surface area contributed by atoms with Crippen LogP contribution in [0.15, 0.2) is 18.2 Å². The van der Waals surface area contributed by atoms with E-state index in [1.807, 2.05) is 13.8 Å². The number of carbonyl (C=O) groups is 3. The Labute approximate surface area is 156 Å². The number of carbonyl (C=O) groups excluding carboxylic acids is 3. The van der Waals surface area contributed by atoms with Gasteiger partial charge < -0.3 is 10.6 Å². The summed E-state index contributed by atoms with van der Waals surface area (Å²) in [6.07, 6.45) is 0.823. The lowest BCUT2D eigenvalue weighted by molar-refractivity contribution is -0.134. The van der Waals surface area contributed by atoms with Gasteiger partial charge in [-0.25, -0.2) is 4.79 Å². The average Bonchev–Trinajstić information content (AvgIpc) is 2.71. The van der Waals surface area contributed by atoms with E-state index < -0.39 is 17.5 Å². The Bertz CT molecular complexity index is 708. The van der Waals surface area contributed by atoms with E-state index in [2.05, 4.69) is 10.6 Å². The van der Waals surface area contributed by atoms with E-state index in [1.54, 1.807) is 19.1 Å². The molecule has 1 aliphatic heterocycles. The van der Waals surface area contributed by atoms with Crippen molar-refractivity contribution in [3.63, 3.8) is 0 Å². The topological polar surface area (TPSA) is 78.5 Å². The highest BCUT2D eigenvalue weighted by atomic mass is 35.5. The van der Waals surface area contributed by atoms with Gasteiger partial charge in [0.2, 0.25) is 5.91 Å². The molecule has 0 bridgehead atoms. The van der Waals surface area contributed by atoms with E-state index in [0.29, 0.717) is 23.0 Å². The van der Waals surface area contributed by atoms with Crippen LogP contribution in [0.5, 0.6) is 0 Å². The van der Waals surface area contributed by atoms with E-state index in [9.17, 15) is 14.4 Å². The molecule has 1 aliphatic rings. The van der Waals surface area contributed by atoms with Crippen molar-refractivity contribution in [1.82, 2.24) is 15.5 Å². The Morgan fingerprint density at radius 1 is 1.32 bits per heavy atom. The van der Waals surface area contributed by atoms with Gasteiger partial charge in [-0.1, -0.05) is 43.1 Å². The summed E-state index contributed by atoms with van der Waals surface area (Å²) in [6, 6.07) is 4.06. The molecule has 0 radical (unpaired) electrons. The molecule has 0 saturated carbocycles. The average molecular weight is 386 g/mol. The minimum atomic E-state index is -1.34. The second kappa shape index (κ2) is 7.62. The van der Waals surface area contributed by atoms with Gasteiger partial charge in [0.25, 0.3) is 5.91 Å². The summed E-state index contributed by atoms with van der Waals surface area (Å²) in [7, 11) is 0. The second-order valence-corrected chi connectivity index (χ2v) is 7.45. The highest BCUT2D eigenvalue weighted by molar-refractivity contribution is 6.35. The van der Waals surface area contributed by atoms with Gasteiger partial charge >= 0.3 is 6.03 Å². The first-order valence-corrected chi connectivity index (χ1v) is 8.77. The predicted octanol–water partition coefficient (Wildman–Crippen LogP) is 2.92. The molecule has 136 valence electrons. The van der Waals surface area contributed by atoms with Crippen LogP contribution in [0.25, 0.3) is 0 Å². The molecular formula is C17H21Cl2N3O3. The molecule has 25 heavy (non-hydrogen) atoms. The van der Waals surface area contributed by atoms with Gasteiger partial charge in [-0.2, -0.15) is 0 Å². The molecule has 2 rings (SSSR count). The molecule has 0 spiro atoms. The van der Waals surface area contributed by atoms with Gasteiger partial charge in [0.15, 0.2) is 0 Å². The fraction of sp³-hybridized carbons (Fsp3) is 0.471. The van der Waals surface area contributed by atoms with Crippen LogP contribution in [-0.4, -0.2) is 35.8 Å². The number of urea groups is 1. The van der Waals surface area contributed by atoms with Crippen LogP contribution in [0.4, 0.5) is 4.79 Å². The Balaban J connectivity index is 2.12. The van der Waals surface area contributed by atoms with E-state index in [0.717, 1.165) is 11.3 Å². The molecule has 0 aliphatic carbocycles. The van der Waals surface area contributed by atoms with Crippen LogP contribution in [0.3, 0.4) is 0 Å². The van der Waals surface area contributed by atoms with Gasteiger partial charge in [-0.05, 0) is 31.4 Å². The molecule has 1 heterocycles.